The molecule has 0 aliphatic rings. The maximum absolute atomic E-state index is 12.4. The van der Waals surface area contributed by atoms with Crippen molar-refractivity contribution in [2.24, 2.45) is 0 Å². The number of nitrogens with zero attached hydrogens (tertiary/aromatic N) is 1. The number of benzene rings is 3. The molecule has 5 heteroatoms. The van der Waals surface area contributed by atoms with Gasteiger partial charge < -0.3 is 15.5 Å². The van der Waals surface area contributed by atoms with E-state index in [1.54, 1.807) is 24.1 Å². The van der Waals surface area contributed by atoms with Gasteiger partial charge in [0.05, 0.1) is 6.54 Å². The second-order valence-electron chi connectivity index (χ2n) is 6.49. The number of anilines is 2. The normalized spacial score (nSPS) is 10.2. The molecule has 28 heavy (non-hydrogen) atoms. The summed E-state index contributed by atoms with van der Waals surface area (Å²) in [5.74, 6) is -0.181. The molecule has 0 aliphatic carbocycles. The highest BCUT2D eigenvalue weighted by Crippen LogP contribution is 2.16. The Labute approximate surface area is 165 Å². The first kappa shape index (κ1) is 19.2. The maximum Gasteiger partial charge on any atom is 0.255 e. The predicted octanol–water partition coefficient (Wildman–Crippen LogP) is 4.01. The van der Waals surface area contributed by atoms with Gasteiger partial charge in [0.2, 0.25) is 5.91 Å². The third kappa shape index (κ3) is 5.45. The summed E-state index contributed by atoms with van der Waals surface area (Å²) in [5, 5.41) is 5.99. The molecular weight excluding hydrogens is 350 g/mol. The van der Waals surface area contributed by atoms with E-state index in [1.165, 1.54) is 0 Å². The van der Waals surface area contributed by atoms with Crippen molar-refractivity contribution in [2.45, 2.75) is 6.54 Å². The lowest BCUT2D eigenvalue weighted by Crippen LogP contribution is -2.31. The molecule has 0 saturated heterocycles. The van der Waals surface area contributed by atoms with Gasteiger partial charge in [-0.15, -0.1) is 0 Å². The molecule has 0 saturated carbocycles. The van der Waals surface area contributed by atoms with Crippen LogP contribution in [0.1, 0.15) is 15.9 Å². The molecule has 5 nitrogen and oxygen atoms in total. The first-order chi connectivity index (χ1) is 13.6. The van der Waals surface area contributed by atoms with E-state index in [0.717, 1.165) is 11.3 Å². The van der Waals surface area contributed by atoms with E-state index in [0.29, 0.717) is 17.8 Å². The molecule has 0 fully saturated rings. The van der Waals surface area contributed by atoms with Crippen LogP contribution in [-0.2, 0) is 11.3 Å². The topological polar surface area (TPSA) is 61.4 Å². The van der Waals surface area contributed by atoms with Crippen molar-refractivity contribution in [1.29, 1.82) is 0 Å². The lowest BCUT2D eigenvalue weighted by Gasteiger charge is -2.18. The van der Waals surface area contributed by atoms with Crippen molar-refractivity contribution in [3.63, 3.8) is 0 Å². The Morgan fingerprint density at radius 1 is 0.821 bits per heavy atom. The quantitative estimate of drug-likeness (QED) is 0.658. The van der Waals surface area contributed by atoms with Crippen LogP contribution in [-0.4, -0.2) is 30.3 Å². The molecule has 0 aliphatic heterocycles. The van der Waals surface area contributed by atoms with Gasteiger partial charge in [0.15, 0.2) is 0 Å². The van der Waals surface area contributed by atoms with Crippen LogP contribution in [0.15, 0.2) is 84.9 Å². The molecule has 2 N–H and O–H groups in total. The third-order valence-electron chi connectivity index (χ3n) is 4.29. The SMILES string of the molecule is CN(Cc1ccccc1)C(=O)CNc1cccc(NC(=O)c2ccccc2)c1. The number of carbonyl (C=O) groups excluding carboxylic acids is 2. The summed E-state index contributed by atoms with van der Waals surface area (Å²) >= 11 is 0. The van der Waals surface area contributed by atoms with Crippen molar-refractivity contribution < 1.29 is 9.59 Å². The third-order valence-corrected chi connectivity index (χ3v) is 4.29. The van der Waals surface area contributed by atoms with E-state index in [9.17, 15) is 9.59 Å². The van der Waals surface area contributed by atoms with Crippen molar-refractivity contribution in [3.8, 4) is 0 Å². The highest BCUT2D eigenvalue weighted by atomic mass is 16.2. The zero-order valence-corrected chi connectivity index (χ0v) is 15.8. The van der Waals surface area contributed by atoms with Crippen LogP contribution < -0.4 is 10.6 Å². The Kier molecular flexibility index (Phi) is 6.41. The number of hydrogen-bond acceptors (Lipinski definition) is 3. The van der Waals surface area contributed by atoms with Gasteiger partial charge in [-0.1, -0.05) is 54.6 Å². The molecule has 142 valence electrons. The first-order valence-corrected chi connectivity index (χ1v) is 9.10. The average Bonchev–Trinajstić information content (AvgIpc) is 2.73. The molecule has 0 aromatic heterocycles. The van der Waals surface area contributed by atoms with E-state index in [-0.39, 0.29) is 18.4 Å². The Balaban J connectivity index is 1.54. The van der Waals surface area contributed by atoms with E-state index < -0.39 is 0 Å². The van der Waals surface area contributed by atoms with Crippen molar-refractivity contribution in [1.82, 2.24) is 4.90 Å². The van der Waals surface area contributed by atoms with Crippen molar-refractivity contribution in [3.05, 3.63) is 96.1 Å². The lowest BCUT2D eigenvalue weighted by atomic mass is 10.2. The Morgan fingerprint density at radius 3 is 2.18 bits per heavy atom. The molecule has 0 spiro atoms. The van der Waals surface area contributed by atoms with Gasteiger partial charge in [-0.25, -0.2) is 0 Å². The monoisotopic (exact) mass is 373 g/mol. The summed E-state index contributed by atoms with van der Waals surface area (Å²) in [6, 6.07) is 26.2. The zero-order valence-electron chi connectivity index (χ0n) is 15.8. The van der Waals surface area contributed by atoms with Gasteiger partial charge in [-0.2, -0.15) is 0 Å². The number of carbonyl (C=O) groups is 2. The zero-order chi connectivity index (χ0) is 19.8. The van der Waals surface area contributed by atoms with Crippen LogP contribution in [0.4, 0.5) is 11.4 Å². The number of hydrogen-bond donors (Lipinski definition) is 2. The smallest absolute Gasteiger partial charge is 0.255 e. The van der Waals surface area contributed by atoms with E-state index in [4.69, 9.17) is 0 Å². The average molecular weight is 373 g/mol. The minimum atomic E-state index is -0.170. The molecule has 2 amide bonds. The summed E-state index contributed by atoms with van der Waals surface area (Å²) in [6.07, 6.45) is 0. The Hall–Kier alpha value is -3.60. The minimum absolute atomic E-state index is 0.0115. The largest absolute Gasteiger partial charge is 0.376 e. The van der Waals surface area contributed by atoms with E-state index in [1.807, 2.05) is 72.8 Å². The summed E-state index contributed by atoms with van der Waals surface area (Å²) in [4.78, 5) is 26.3. The highest BCUT2D eigenvalue weighted by molar-refractivity contribution is 6.04. The second-order valence-corrected chi connectivity index (χ2v) is 6.49. The van der Waals surface area contributed by atoms with Gasteiger partial charge in [-0.3, -0.25) is 9.59 Å². The highest BCUT2D eigenvalue weighted by Gasteiger charge is 2.10. The predicted molar refractivity (Wildman–Crippen MR) is 112 cm³/mol. The standard InChI is InChI=1S/C23H23N3O2/c1-26(17-18-9-4-2-5-10-18)22(27)16-24-20-13-8-14-21(15-20)25-23(28)19-11-6-3-7-12-19/h2-15,24H,16-17H2,1H3,(H,25,28). The maximum atomic E-state index is 12.4. The molecule has 3 rings (SSSR count). The fourth-order valence-electron chi connectivity index (χ4n) is 2.76. The molecule has 0 radical (unpaired) electrons. The second kappa shape index (κ2) is 9.37. The fourth-order valence-corrected chi connectivity index (χ4v) is 2.76. The van der Waals surface area contributed by atoms with Crippen LogP contribution in [0.3, 0.4) is 0 Å². The summed E-state index contributed by atoms with van der Waals surface area (Å²) in [6.45, 7) is 0.744. The van der Waals surface area contributed by atoms with Crippen LogP contribution >= 0.6 is 0 Å². The summed E-state index contributed by atoms with van der Waals surface area (Å²) in [5.41, 5.74) is 3.12. The van der Waals surface area contributed by atoms with Crippen LogP contribution in [0.5, 0.6) is 0 Å². The molecule has 0 atom stereocenters. The Bertz CT molecular complexity index is 927. The number of amides is 2. The van der Waals surface area contributed by atoms with Gasteiger partial charge in [-0.05, 0) is 35.9 Å². The first-order valence-electron chi connectivity index (χ1n) is 9.10. The van der Waals surface area contributed by atoms with Gasteiger partial charge in [0, 0.05) is 30.5 Å². The summed E-state index contributed by atoms with van der Waals surface area (Å²) in [7, 11) is 1.79. The molecular formula is C23H23N3O2. The van der Waals surface area contributed by atoms with Crippen LogP contribution in [0.25, 0.3) is 0 Å². The summed E-state index contributed by atoms with van der Waals surface area (Å²) < 4.78 is 0. The van der Waals surface area contributed by atoms with E-state index in [2.05, 4.69) is 10.6 Å². The van der Waals surface area contributed by atoms with Gasteiger partial charge in [0.1, 0.15) is 0 Å². The van der Waals surface area contributed by atoms with Crippen molar-refractivity contribution >= 4 is 23.2 Å². The van der Waals surface area contributed by atoms with Crippen LogP contribution in [0.2, 0.25) is 0 Å². The van der Waals surface area contributed by atoms with Crippen molar-refractivity contribution in [2.75, 3.05) is 24.2 Å². The molecule has 0 heterocycles. The molecule has 0 bridgehead atoms. The fraction of sp³-hybridized carbons (Fsp3) is 0.130. The molecule has 0 unspecified atom stereocenters. The number of rotatable bonds is 7. The minimum Gasteiger partial charge on any atom is -0.376 e. The molecule has 3 aromatic rings. The number of nitrogens with one attached hydrogen (secondary N) is 2. The lowest BCUT2D eigenvalue weighted by molar-refractivity contribution is -0.128. The van der Waals surface area contributed by atoms with E-state index >= 15 is 0 Å². The Morgan fingerprint density at radius 2 is 1.46 bits per heavy atom. The molecule has 3 aromatic carbocycles. The van der Waals surface area contributed by atoms with Gasteiger partial charge >= 0.3 is 0 Å². The number of likely N-dealkylation sites (N-methyl/N-ethyl adjacent to an activating group) is 1. The van der Waals surface area contributed by atoms with Crippen LogP contribution in [0, 0.1) is 0 Å². The van der Waals surface area contributed by atoms with Gasteiger partial charge in [0.25, 0.3) is 5.91 Å².